The predicted molar refractivity (Wildman–Crippen MR) is 94.1 cm³/mol. The molecule has 2 rings (SSSR count). The van der Waals surface area contributed by atoms with Crippen LogP contribution >= 0.6 is 31.9 Å². The molecular formula is C17H17Br2NO. The highest BCUT2D eigenvalue weighted by molar-refractivity contribution is 9.10. The number of alkyl halides is 1. The summed E-state index contributed by atoms with van der Waals surface area (Å²) in [5, 5.41) is 3.80. The number of rotatable bonds is 5. The van der Waals surface area contributed by atoms with E-state index >= 15 is 0 Å². The molecule has 0 saturated carbocycles. The van der Waals surface area contributed by atoms with Crippen LogP contribution in [0, 0.1) is 6.92 Å². The molecule has 0 spiro atoms. The van der Waals surface area contributed by atoms with Crippen molar-refractivity contribution in [2.24, 2.45) is 0 Å². The van der Waals surface area contributed by atoms with Gasteiger partial charge < -0.3 is 5.32 Å². The van der Waals surface area contributed by atoms with Crippen molar-refractivity contribution in [3.05, 3.63) is 69.7 Å². The lowest BCUT2D eigenvalue weighted by Crippen LogP contribution is -2.37. The third-order valence-corrected chi connectivity index (χ3v) is 5.12. The minimum Gasteiger partial charge on any atom is -0.348 e. The number of carbonyl (C=O) groups is 1. The number of hydrogen-bond acceptors (Lipinski definition) is 1. The zero-order valence-electron chi connectivity index (χ0n) is 11.8. The van der Waals surface area contributed by atoms with Crippen LogP contribution < -0.4 is 5.32 Å². The second-order valence-electron chi connectivity index (χ2n) is 4.95. The van der Waals surface area contributed by atoms with Gasteiger partial charge in [0.15, 0.2) is 0 Å². The maximum absolute atomic E-state index is 12.4. The van der Waals surface area contributed by atoms with E-state index in [4.69, 9.17) is 0 Å². The zero-order chi connectivity index (χ0) is 15.2. The summed E-state index contributed by atoms with van der Waals surface area (Å²) in [6.07, 6.45) is 0.807. The molecule has 0 aliphatic rings. The quantitative estimate of drug-likeness (QED) is 0.722. The van der Waals surface area contributed by atoms with Gasteiger partial charge in [-0.3, -0.25) is 4.79 Å². The fourth-order valence-electron chi connectivity index (χ4n) is 2.13. The van der Waals surface area contributed by atoms with Gasteiger partial charge in [-0.1, -0.05) is 58.4 Å². The Hall–Kier alpha value is -1.13. The molecule has 0 radical (unpaired) electrons. The largest absolute Gasteiger partial charge is 0.348 e. The Morgan fingerprint density at radius 2 is 1.86 bits per heavy atom. The number of amides is 1. The topological polar surface area (TPSA) is 29.1 Å². The summed E-state index contributed by atoms with van der Waals surface area (Å²) >= 11 is 6.97. The van der Waals surface area contributed by atoms with E-state index in [-0.39, 0.29) is 11.9 Å². The maximum Gasteiger partial charge on any atom is 0.252 e. The summed E-state index contributed by atoms with van der Waals surface area (Å²) in [6, 6.07) is 15.9. The highest BCUT2D eigenvalue weighted by Gasteiger charge is 2.16. The Morgan fingerprint density at radius 3 is 2.52 bits per heavy atom. The van der Waals surface area contributed by atoms with Crippen LogP contribution in [0.4, 0.5) is 0 Å². The van der Waals surface area contributed by atoms with Crippen LogP contribution in [0.3, 0.4) is 0 Å². The van der Waals surface area contributed by atoms with Crippen molar-refractivity contribution in [1.82, 2.24) is 5.32 Å². The summed E-state index contributed by atoms with van der Waals surface area (Å²) in [7, 11) is 0. The summed E-state index contributed by atoms with van der Waals surface area (Å²) in [6.45, 7) is 1.98. The first kappa shape index (κ1) is 16.2. The zero-order valence-corrected chi connectivity index (χ0v) is 14.9. The first-order chi connectivity index (χ1) is 10.1. The lowest BCUT2D eigenvalue weighted by atomic mass is 10.1. The third kappa shape index (κ3) is 4.42. The second-order valence-corrected chi connectivity index (χ2v) is 6.39. The predicted octanol–water partition coefficient (Wildman–Crippen LogP) is 4.49. The van der Waals surface area contributed by atoms with Crippen molar-refractivity contribution < 1.29 is 4.79 Å². The van der Waals surface area contributed by atoms with Gasteiger partial charge in [-0.15, -0.1) is 0 Å². The molecule has 21 heavy (non-hydrogen) atoms. The molecule has 1 atom stereocenters. The lowest BCUT2D eigenvalue weighted by Gasteiger charge is -2.17. The molecule has 110 valence electrons. The molecule has 0 aliphatic heterocycles. The molecule has 1 unspecified atom stereocenters. The highest BCUT2D eigenvalue weighted by atomic mass is 79.9. The van der Waals surface area contributed by atoms with Crippen LogP contribution in [0.2, 0.25) is 0 Å². The van der Waals surface area contributed by atoms with Gasteiger partial charge in [0.05, 0.1) is 5.56 Å². The van der Waals surface area contributed by atoms with E-state index in [0.717, 1.165) is 21.8 Å². The number of aryl methyl sites for hydroxylation is 1. The SMILES string of the molecule is Cc1cccc(C(=O)NC(CBr)Cc2ccccc2)c1Br. The van der Waals surface area contributed by atoms with Gasteiger partial charge >= 0.3 is 0 Å². The van der Waals surface area contributed by atoms with Gasteiger partial charge in [-0.2, -0.15) is 0 Å². The van der Waals surface area contributed by atoms with Crippen molar-refractivity contribution in [2.45, 2.75) is 19.4 Å². The van der Waals surface area contributed by atoms with Crippen LogP contribution in [0.5, 0.6) is 0 Å². The maximum atomic E-state index is 12.4. The van der Waals surface area contributed by atoms with E-state index < -0.39 is 0 Å². The minimum absolute atomic E-state index is 0.0500. The van der Waals surface area contributed by atoms with Gasteiger partial charge in [-0.25, -0.2) is 0 Å². The number of benzene rings is 2. The molecule has 4 heteroatoms. The minimum atomic E-state index is -0.0500. The molecular weight excluding hydrogens is 394 g/mol. The number of hydrogen-bond donors (Lipinski definition) is 1. The van der Waals surface area contributed by atoms with E-state index in [9.17, 15) is 4.79 Å². The van der Waals surface area contributed by atoms with E-state index in [0.29, 0.717) is 5.56 Å². The molecule has 0 saturated heterocycles. The summed E-state index contributed by atoms with van der Waals surface area (Å²) in [4.78, 5) is 12.4. The molecule has 0 aliphatic carbocycles. The monoisotopic (exact) mass is 409 g/mol. The number of halogens is 2. The van der Waals surface area contributed by atoms with E-state index in [1.54, 1.807) is 0 Å². The molecule has 1 amide bonds. The average molecular weight is 411 g/mol. The molecule has 0 heterocycles. The highest BCUT2D eigenvalue weighted by Crippen LogP contribution is 2.21. The molecule has 1 N–H and O–H groups in total. The molecule has 0 bridgehead atoms. The van der Waals surface area contributed by atoms with Crippen LogP contribution in [0.15, 0.2) is 53.0 Å². The second kappa shape index (κ2) is 7.76. The Kier molecular flexibility index (Phi) is 6.00. The number of carbonyl (C=O) groups excluding carboxylic acids is 1. The smallest absolute Gasteiger partial charge is 0.252 e. The van der Waals surface area contributed by atoms with Crippen molar-refractivity contribution in [3.63, 3.8) is 0 Å². The van der Waals surface area contributed by atoms with Crippen molar-refractivity contribution in [1.29, 1.82) is 0 Å². The first-order valence-electron chi connectivity index (χ1n) is 6.77. The van der Waals surface area contributed by atoms with E-state index in [1.807, 2.05) is 43.3 Å². The van der Waals surface area contributed by atoms with Gasteiger partial charge in [-0.05, 0) is 46.5 Å². The molecule has 0 aromatic heterocycles. The Labute approximate surface area is 142 Å². The van der Waals surface area contributed by atoms with Gasteiger partial charge in [0.2, 0.25) is 0 Å². The van der Waals surface area contributed by atoms with Gasteiger partial charge in [0.25, 0.3) is 5.91 Å². The van der Waals surface area contributed by atoms with Crippen molar-refractivity contribution in [2.75, 3.05) is 5.33 Å². The van der Waals surface area contributed by atoms with Crippen molar-refractivity contribution >= 4 is 37.8 Å². The standard InChI is InChI=1S/C17H17Br2NO/c1-12-6-5-9-15(16(12)19)17(21)20-14(11-18)10-13-7-3-2-4-8-13/h2-9,14H,10-11H2,1H3,(H,20,21). The van der Waals surface area contributed by atoms with Crippen molar-refractivity contribution in [3.8, 4) is 0 Å². The summed E-state index contributed by atoms with van der Waals surface area (Å²) < 4.78 is 0.857. The molecule has 0 fully saturated rings. The Morgan fingerprint density at radius 1 is 1.14 bits per heavy atom. The van der Waals surface area contributed by atoms with Crippen LogP contribution in [0.25, 0.3) is 0 Å². The lowest BCUT2D eigenvalue weighted by molar-refractivity contribution is 0.0940. The normalized spacial score (nSPS) is 12.0. The fraction of sp³-hybridized carbons (Fsp3) is 0.235. The van der Waals surface area contributed by atoms with Crippen LogP contribution in [-0.4, -0.2) is 17.3 Å². The van der Waals surface area contributed by atoms with Crippen LogP contribution in [-0.2, 0) is 6.42 Å². The molecule has 2 aromatic rings. The fourth-order valence-corrected chi connectivity index (χ4v) is 2.96. The third-order valence-electron chi connectivity index (χ3n) is 3.28. The Bertz CT molecular complexity index is 613. The molecule has 2 nitrogen and oxygen atoms in total. The summed E-state index contributed by atoms with van der Waals surface area (Å²) in [5.74, 6) is -0.0500. The number of nitrogens with one attached hydrogen (secondary N) is 1. The van der Waals surface area contributed by atoms with E-state index in [2.05, 4.69) is 49.3 Å². The van der Waals surface area contributed by atoms with Crippen LogP contribution in [0.1, 0.15) is 21.5 Å². The molecule has 2 aromatic carbocycles. The van der Waals surface area contributed by atoms with E-state index in [1.165, 1.54) is 5.56 Å². The van der Waals surface area contributed by atoms with Gasteiger partial charge in [0.1, 0.15) is 0 Å². The van der Waals surface area contributed by atoms with Gasteiger partial charge in [0, 0.05) is 15.8 Å². The summed E-state index contributed by atoms with van der Waals surface area (Å²) in [5.41, 5.74) is 2.95. The average Bonchev–Trinajstić information content (AvgIpc) is 2.50. The first-order valence-corrected chi connectivity index (χ1v) is 8.69. The Balaban J connectivity index is 2.08.